The summed E-state index contributed by atoms with van der Waals surface area (Å²) in [5.74, 6) is 0.0383. The molecule has 0 saturated carbocycles. The fourth-order valence-corrected chi connectivity index (χ4v) is 2.17. The molecule has 0 radical (unpaired) electrons. The lowest BCUT2D eigenvalue weighted by Crippen LogP contribution is -2.19. The summed E-state index contributed by atoms with van der Waals surface area (Å²) in [6, 6.07) is 9.28. The van der Waals surface area contributed by atoms with Crippen LogP contribution in [0.15, 0.2) is 41.0 Å². The fourth-order valence-electron chi connectivity index (χ4n) is 2.17. The molecule has 0 amide bonds. The number of carboxylic acid groups (broad SMARTS) is 1. The summed E-state index contributed by atoms with van der Waals surface area (Å²) in [6.07, 6.45) is 3.37. The molecule has 106 valence electrons. The van der Waals surface area contributed by atoms with Gasteiger partial charge in [-0.1, -0.05) is 12.1 Å². The van der Waals surface area contributed by atoms with Crippen LogP contribution in [0.1, 0.15) is 35.0 Å². The average Bonchev–Trinajstić information content (AvgIpc) is 2.91. The minimum Gasteiger partial charge on any atom is -0.478 e. The number of carboxylic acids is 1. The van der Waals surface area contributed by atoms with Crippen LogP contribution in [0, 0.1) is 6.92 Å². The summed E-state index contributed by atoms with van der Waals surface area (Å²) in [4.78, 5) is 11.2. The summed E-state index contributed by atoms with van der Waals surface area (Å²) in [5.41, 5.74) is 1.96. The van der Waals surface area contributed by atoms with Crippen molar-refractivity contribution in [3.63, 3.8) is 0 Å². The van der Waals surface area contributed by atoms with Gasteiger partial charge in [-0.05, 0) is 44.0 Å². The first-order valence-electron chi connectivity index (χ1n) is 6.69. The number of benzene rings is 1. The number of hydrogen-bond donors (Lipinski definition) is 2. The van der Waals surface area contributed by atoms with Crippen molar-refractivity contribution in [1.29, 1.82) is 0 Å². The minimum absolute atomic E-state index is 0.166. The van der Waals surface area contributed by atoms with Crippen LogP contribution in [-0.4, -0.2) is 17.1 Å². The Morgan fingerprint density at radius 1 is 1.35 bits per heavy atom. The Labute approximate surface area is 118 Å². The molecule has 0 spiro atoms. The van der Waals surface area contributed by atoms with Gasteiger partial charge in [0.2, 0.25) is 0 Å². The zero-order valence-corrected chi connectivity index (χ0v) is 11.7. The highest BCUT2D eigenvalue weighted by Gasteiger charge is 2.14. The molecule has 4 nitrogen and oxygen atoms in total. The van der Waals surface area contributed by atoms with Crippen molar-refractivity contribution in [3.8, 4) is 0 Å². The lowest BCUT2D eigenvalue weighted by molar-refractivity contribution is 0.0698. The minimum atomic E-state index is -0.908. The molecule has 0 saturated heterocycles. The van der Waals surface area contributed by atoms with Crippen molar-refractivity contribution in [3.05, 3.63) is 53.5 Å². The van der Waals surface area contributed by atoms with Crippen LogP contribution in [-0.2, 0) is 6.42 Å². The predicted octanol–water partition coefficient (Wildman–Crippen LogP) is 3.72. The van der Waals surface area contributed by atoms with Gasteiger partial charge in [0.1, 0.15) is 5.76 Å². The first-order valence-corrected chi connectivity index (χ1v) is 6.69. The molecule has 20 heavy (non-hydrogen) atoms. The topological polar surface area (TPSA) is 62.5 Å². The second kappa shape index (κ2) is 6.28. The quantitative estimate of drug-likeness (QED) is 0.842. The molecule has 2 aromatic rings. The van der Waals surface area contributed by atoms with Gasteiger partial charge in [0.15, 0.2) is 0 Å². The molecule has 1 heterocycles. The molecule has 0 bridgehead atoms. The van der Waals surface area contributed by atoms with Crippen molar-refractivity contribution in [2.75, 3.05) is 5.32 Å². The molecule has 1 aromatic carbocycles. The van der Waals surface area contributed by atoms with Crippen LogP contribution < -0.4 is 5.32 Å². The molecule has 0 aliphatic carbocycles. The van der Waals surface area contributed by atoms with E-state index in [0.29, 0.717) is 11.3 Å². The monoisotopic (exact) mass is 273 g/mol. The van der Waals surface area contributed by atoms with Crippen molar-refractivity contribution in [1.82, 2.24) is 0 Å². The molecular weight excluding hydrogens is 254 g/mol. The van der Waals surface area contributed by atoms with Crippen LogP contribution in [0.25, 0.3) is 0 Å². The highest BCUT2D eigenvalue weighted by Crippen LogP contribution is 2.22. The van der Waals surface area contributed by atoms with Gasteiger partial charge in [-0.3, -0.25) is 0 Å². The van der Waals surface area contributed by atoms with Crippen molar-refractivity contribution in [2.24, 2.45) is 0 Å². The summed E-state index contributed by atoms with van der Waals surface area (Å²) < 4.78 is 5.30. The van der Waals surface area contributed by atoms with E-state index in [4.69, 9.17) is 4.42 Å². The molecule has 0 fully saturated rings. The Morgan fingerprint density at radius 3 is 2.80 bits per heavy atom. The van der Waals surface area contributed by atoms with Gasteiger partial charge in [-0.2, -0.15) is 0 Å². The number of furan rings is 1. The van der Waals surface area contributed by atoms with Gasteiger partial charge in [0.05, 0.1) is 17.5 Å². The molecule has 1 unspecified atom stereocenters. The van der Waals surface area contributed by atoms with E-state index in [2.05, 4.69) is 5.32 Å². The number of carbonyl (C=O) groups is 1. The second-order valence-corrected chi connectivity index (χ2v) is 4.97. The van der Waals surface area contributed by atoms with E-state index in [1.54, 1.807) is 18.4 Å². The molecule has 2 N–H and O–H groups in total. The van der Waals surface area contributed by atoms with Crippen molar-refractivity contribution < 1.29 is 14.3 Å². The lowest BCUT2D eigenvalue weighted by Gasteiger charge is -2.18. The smallest absolute Gasteiger partial charge is 0.337 e. The van der Waals surface area contributed by atoms with Crippen molar-refractivity contribution in [2.45, 2.75) is 32.7 Å². The molecule has 1 aromatic heterocycles. The summed E-state index contributed by atoms with van der Waals surface area (Å²) >= 11 is 0. The first-order chi connectivity index (χ1) is 9.58. The SMILES string of the molecule is Cc1cccc(C(=O)O)c1NC(C)CCc1ccco1. The number of anilines is 1. The maximum absolute atomic E-state index is 11.2. The lowest BCUT2D eigenvalue weighted by atomic mass is 10.1. The zero-order chi connectivity index (χ0) is 14.5. The van der Waals surface area contributed by atoms with E-state index < -0.39 is 5.97 Å². The average molecular weight is 273 g/mol. The van der Waals surface area contributed by atoms with E-state index in [1.807, 2.05) is 32.0 Å². The third-order valence-corrected chi connectivity index (χ3v) is 3.30. The molecule has 2 rings (SSSR count). The van der Waals surface area contributed by atoms with Gasteiger partial charge in [-0.25, -0.2) is 4.79 Å². The van der Waals surface area contributed by atoms with Crippen molar-refractivity contribution >= 4 is 11.7 Å². The third kappa shape index (κ3) is 3.41. The predicted molar refractivity (Wildman–Crippen MR) is 78.3 cm³/mol. The number of para-hydroxylation sites is 1. The van der Waals surface area contributed by atoms with Crippen LogP contribution in [0.2, 0.25) is 0 Å². The Kier molecular flexibility index (Phi) is 4.45. The van der Waals surface area contributed by atoms with E-state index >= 15 is 0 Å². The standard InChI is InChI=1S/C16H19NO3/c1-11-5-3-7-14(16(18)19)15(11)17-12(2)8-9-13-6-4-10-20-13/h3-7,10,12,17H,8-9H2,1-2H3,(H,18,19). The van der Waals surface area contributed by atoms with Gasteiger partial charge < -0.3 is 14.8 Å². The van der Waals surface area contributed by atoms with Gasteiger partial charge >= 0.3 is 5.97 Å². The second-order valence-electron chi connectivity index (χ2n) is 4.97. The number of nitrogens with one attached hydrogen (secondary N) is 1. The molecule has 1 atom stereocenters. The maximum Gasteiger partial charge on any atom is 0.337 e. The molecule has 0 aliphatic rings. The third-order valence-electron chi connectivity index (χ3n) is 3.30. The number of hydrogen-bond acceptors (Lipinski definition) is 3. The number of aromatic carboxylic acids is 1. The first kappa shape index (κ1) is 14.2. The highest BCUT2D eigenvalue weighted by molar-refractivity contribution is 5.95. The van der Waals surface area contributed by atoms with Crippen LogP contribution in [0.4, 0.5) is 5.69 Å². The number of aryl methyl sites for hydroxylation is 2. The summed E-state index contributed by atoms with van der Waals surface area (Å²) in [7, 11) is 0. The number of rotatable bonds is 6. The maximum atomic E-state index is 11.2. The van der Waals surface area contributed by atoms with Crippen LogP contribution in [0.5, 0.6) is 0 Å². The summed E-state index contributed by atoms with van der Waals surface area (Å²) in [5, 5.41) is 12.5. The Hall–Kier alpha value is -2.23. The molecule has 4 heteroatoms. The van der Waals surface area contributed by atoms with Crippen LogP contribution in [0.3, 0.4) is 0 Å². The molecular formula is C16H19NO3. The van der Waals surface area contributed by atoms with Gasteiger partial charge in [0.25, 0.3) is 0 Å². The highest BCUT2D eigenvalue weighted by atomic mass is 16.4. The van der Waals surface area contributed by atoms with E-state index in [9.17, 15) is 9.90 Å². The molecule has 0 aliphatic heterocycles. The Bertz CT molecular complexity index is 575. The fraction of sp³-hybridized carbons (Fsp3) is 0.312. The summed E-state index contributed by atoms with van der Waals surface area (Å²) in [6.45, 7) is 3.95. The van der Waals surface area contributed by atoms with E-state index in [1.165, 1.54) is 0 Å². The Balaban J connectivity index is 2.03. The normalized spacial score (nSPS) is 12.1. The largest absolute Gasteiger partial charge is 0.478 e. The zero-order valence-electron chi connectivity index (χ0n) is 11.7. The van der Waals surface area contributed by atoms with E-state index in [0.717, 1.165) is 24.2 Å². The Morgan fingerprint density at radius 2 is 2.15 bits per heavy atom. The van der Waals surface area contributed by atoms with Gasteiger partial charge in [0, 0.05) is 12.5 Å². The van der Waals surface area contributed by atoms with Crippen LogP contribution >= 0.6 is 0 Å². The van der Waals surface area contributed by atoms with E-state index in [-0.39, 0.29) is 6.04 Å². The van der Waals surface area contributed by atoms with Gasteiger partial charge in [-0.15, -0.1) is 0 Å².